The van der Waals surface area contributed by atoms with Gasteiger partial charge in [0.1, 0.15) is 0 Å². The third-order valence-corrected chi connectivity index (χ3v) is 4.37. The standard InChI is InChI=1S/C21H25N5O3/c1-12(2)20(28)24-16-8-6-7-15(10-16)23-17(27)11-29-21-18-13(3)9-14(4)22-19(18)26(5)25-21/h6-10,12H,11H2,1-5H3,(H,23,27)(H,24,28). The number of pyridine rings is 1. The summed E-state index contributed by atoms with van der Waals surface area (Å²) in [5.74, 6) is -0.163. The van der Waals surface area contributed by atoms with E-state index >= 15 is 0 Å². The Labute approximate surface area is 169 Å². The van der Waals surface area contributed by atoms with Crippen molar-refractivity contribution in [1.29, 1.82) is 0 Å². The SMILES string of the molecule is Cc1cc(C)c2c(OCC(=O)Nc3cccc(NC(=O)C(C)C)c3)nn(C)c2n1. The van der Waals surface area contributed by atoms with Crippen molar-refractivity contribution in [2.24, 2.45) is 13.0 Å². The van der Waals surface area contributed by atoms with Gasteiger partial charge >= 0.3 is 0 Å². The minimum Gasteiger partial charge on any atom is -0.466 e. The van der Waals surface area contributed by atoms with Crippen LogP contribution in [0.2, 0.25) is 0 Å². The zero-order valence-corrected chi connectivity index (χ0v) is 17.2. The summed E-state index contributed by atoms with van der Waals surface area (Å²) in [5, 5.41) is 10.7. The normalized spacial score (nSPS) is 11.0. The van der Waals surface area contributed by atoms with Crippen LogP contribution >= 0.6 is 0 Å². The molecule has 0 radical (unpaired) electrons. The lowest BCUT2D eigenvalue weighted by molar-refractivity contribution is -0.119. The molecule has 0 bridgehead atoms. The van der Waals surface area contributed by atoms with Crippen LogP contribution in [0.1, 0.15) is 25.1 Å². The lowest BCUT2D eigenvalue weighted by Gasteiger charge is -2.10. The van der Waals surface area contributed by atoms with Crippen LogP contribution in [-0.4, -0.2) is 33.2 Å². The maximum absolute atomic E-state index is 12.3. The second-order valence-corrected chi connectivity index (χ2v) is 7.27. The first-order valence-corrected chi connectivity index (χ1v) is 9.39. The molecule has 3 rings (SSSR count). The highest BCUT2D eigenvalue weighted by molar-refractivity contribution is 5.95. The number of hydrogen-bond donors (Lipinski definition) is 2. The number of benzene rings is 1. The van der Waals surface area contributed by atoms with Crippen molar-refractivity contribution in [2.45, 2.75) is 27.7 Å². The Morgan fingerprint density at radius 2 is 1.83 bits per heavy atom. The minimum absolute atomic E-state index is 0.0851. The number of rotatable bonds is 6. The lowest BCUT2D eigenvalue weighted by atomic mass is 10.2. The van der Waals surface area contributed by atoms with E-state index in [0.717, 1.165) is 16.6 Å². The largest absolute Gasteiger partial charge is 0.466 e. The molecular weight excluding hydrogens is 370 g/mol. The number of carbonyl (C=O) groups is 2. The Balaban J connectivity index is 1.67. The van der Waals surface area contributed by atoms with Crippen LogP contribution in [0.5, 0.6) is 5.88 Å². The van der Waals surface area contributed by atoms with Gasteiger partial charge in [-0.1, -0.05) is 19.9 Å². The predicted molar refractivity (Wildman–Crippen MR) is 112 cm³/mol. The van der Waals surface area contributed by atoms with Gasteiger partial charge in [-0.15, -0.1) is 5.10 Å². The van der Waals surface area contributed by atoms with Gasteiger partial charge in [-0.05, 0) is 43.7 Å². The van der Waals surface area contributed by atoms with Gasteiger partial charge in [0, 0.05) is 30.0 Å². The summed E-state index contributed by atoms with van der Waals surface area (Å²) < 4.78 is 7.31. The van der Waals surface area contributed by atoms with E-state index in [2.05, 4.69) is 20.7 Å². The molecule has 0 fully saturated rings. The molecule has 29 heavy (non-hydrogen) atoms. The summed E-state index contributed by atoms with van der Waals surface area (Å²) in [6, 6.07) is 8.93. The Bertz CT molecular complexity index is 1070. The highest BCUT2D eigenvalue weighted by Gasteiger charge is 2.16. The van der Waals surface area contributed by atoms with Crippen molar-refractivity contribution < 1.29 is 14.3 Å². The summed E-state index contributed by atoms with van der Waals surface area (Å²) in [7, 11) is 1.79. The first-order chi connectivity index (χ1) is 13.7. The highest BCUT2D eigenvalue weighted by atomic mass is 16.5. The molecule has 2 heterocycles. The first kappa shape index (κ1) is 20.3. The number of ether oxygens (including phenoxy) is 1. The first-order valence-electron chi connectivity index (χ1n) is 9.39. The number of hydrogen-bond acceptors (Lipinski definition) is 5. The van der Waals surface area contributed by atoms with Gasteiger partial charge in [0.05, 0.1) is 5.39 Å². The monoisotopic (exact) mass is 395 g/mol. The maximum atomic E-state index is 12.3. The molecule has 0 atom stereocenters. The van der Waals surface area contributed by atoms with Crippen LogP contribution in [0.25, 0.3) is 11.0 Å². The van der Waals surface area contributed by atoms with Gasteiger partial charge in [-0.25, -0.2) is 9.67 Å². The van der Waals surface area contributed by atoms with Crippen molar-refractivity contribution in [3.05, 3.63) is 41.6 Å². The average Bonchev–Trinajstić information content (AvgIpc) is 2.96. The Morgan fingerprint density at radius 3 is 2.52 bits per heavy atom. The molecule has 8 heteroatoms. The van der Waals surface area contributed by atoms with Gasteiger partial charge < -0.3 is 15.4 Å². The van der Waals surface area contributed by atoms with Gasteiger partial charge in [-0.3, -0.25) is 9.59 Å². The molecule has 0 saturated heterocycles. The van der Waals surface area contributed by atoms with Crippen molar-refractivity contribution in [3.63, 3.8) is 0 Å². The fourth-order valence-corrected chi connectivity index (χ4v) is 2.94. The zero-order valence-electron chi connectivity index (χ0n) is 17.2. The van der Waals surface area contributed by atoms with Gasteiger partial charge in [0.25, 0.3) is 5.91 Å². The summed E-state index contributed by atoms with van der Waals surface area (Å²) in [6.45, 7) is 7.33. The average molecular weight is 395 g/mol. The van der Waals surface area contributed by atoms with E-state index in [1.807, 2.05) is 33.8 Å². The molecule has 0 aliphatic rings. The number of nitrogens with one attached hydrogen (secondary N) is 2. The molecule has 0 spiro atoms. The van der Waals surface area contributed by atoms with Crippen LogP contribution in [-0.2, 0) is 16.6 Å². The van der Waals surface area contributed by atoms with Crippen molar-refractivity contribution in [3.8, 4) is 5.88 Å². The van der Waals surface area contributed by atoms with E-state index in [1.54, 1.807) is 36.0 Å². The number of aromatic nitrogens is 3. The minimum atomic E-state index is -0.325. The Kier molecular flexibility index (Phi) is 5.81. The molecule has 8 nitrogen and oxygen atoms in total. The van der Waals surface area contributed by atoms with E-state index < -0.39 is 0 Å². The third kappa shape index (κ3) is 4.71. The van der Waals surface area contributed by atoms with E-state index in [1.165, 1.54) is 0 Å². The smallest absolute Gasteiger partial charge is 0.262 e. The zero-order chi connectivity index (χ0) is 21.1. The molecule has 2 aromatic heterocycles. The topological polar surface area (TPSA) is 98.1 Å². The second kappa shape index (κ2) is 8.30. The third-order valence-electron chi connectivity index (χ3n) is 4.37. The van der Waals surface area contributed by atoms with Crippen molar-refractivity contribution in [1.82, 2.24) is 14.8 Å². The summed E-state index contributed by atoms with van der Waals surface area (Å²) in [4.78, 5) is 28.6. The summed E-state index contributed by atoms with van der Waals surface area (Å²) in [6.07, 6.45) is 0. The fraction of sp³-hybridized carbons (Fsp3) is 0.333. The van der Waals surface area contributed by atoms with Gasteiger partial charge in [0.2, 0.25) is 11.8 Å². The molecule has 2 amide bonds. The molecular formula is C21H25N5O3. The Hall–Kier alpha value is -3.42. The molecule has 152 valence electrons. The van der Waals surface area contributed by atoms with E-state index in [9.17, 15) is 9.59 Å². The molecule has 1 aromatic carbocycles. The number of carbonyl (C=O) groups excluding carboxylic acids is 2. The summed E-state index contributed by atoms with van der Waals surface area (Å²) in [5.41, 5.74) is 3.79. The van der Waals surface area contributed by atoms with Gasteiger partial charge in [-0.2, -0.15) is 0 Å². The quantitative estimate of drug-likeness (QED) is 0.668. The van der Waals surface area contributed by atoms with Crippen molar-refractivity contribution >= 4 is 34.2 Å². The van der Waals surface area contributed by atoms with E-state index in [0.29, 0.717) is 22.9 Å². The second-order valence-electron chi connectivity index (χ2n) is 7.27. The molecule has 0 aliphatic carbocycles. The van der Waals surface area contributed by atoms with Crippen LogP contribution in [0, 0.1) is 19.8 Å². The Morgan fingerprint density at radius 1 is 1.14 bits per heavy atom. The molecule has 0 saturated carbocycles. The van der Waals surface area contributed by atoms with Crippen molar-refractivity contribution in [2.75, 3.05) is 17.2 Å². The number of anilines is 2. The maximum Gasteiger partial charge on any atom is 0.262 e. The number of amides is 2. The molecule has 0 unspecified atom stereocenters. The predicted octanol–water partition coefficient (Wildman–Crippen LogP) is 3.20. The van der Waals surface area contributed by atoms with Crippen LogP contribution in [0.3, 0.4) is 0 Å². The lowest BCUT2D eigenvalue weighted by Crippen LogP contribution is -2.21. The van der Waals surface area contributed by atoms with Crippen LogP contribution < -0.4 is 15.4 Å². The number of nitrogens with zero attached hydrogens (tertiary/aromatic N) is 3. The summed E-state index contributed by atoms with van der Waals surface area (Å²) >= 11 is 0. The molecule has 2 N–H and O–H groups in total. The van der Waals surface area contributed by atoms with Gasteiger partial charge in [0.15, 0.2) is 12.3 Å². The van der Waals surface area contributed by atoms with E-state index in [-0.39, 0.29) is 24.3 Å². The highest BCUT2D eigenvalue weighted by Crippen LogP contribution is 2.27. The molecule has 0 aliphatic heterocycles. The van der Waals surface area contributed by atoms with Crippen LogP contribution in [0.15, 0.2) is 30.3 Å². The van der Waals surface area contributed by atoms with E-state index in [4.69, 9.17) is 4.74 Å². The number of fused-ring (bicyclic) bond motifs is 1. The fourth-order valence-electron chi connectivity index (χ4n) is 2.94. The van der Waals surface area contributed by atoms with Crippen LogP contribution in [0.4, 0.5) is 11.4 Å². The number of aryl methyl sites for hydroxylation is 3. The molecule has 3 aromatic rings.